The Kier molecular flexibility index (Phi) is 5.95. The Morgan fingerprint density at radius 2 is 1.45 bits per heavy atom. The first kappa shape index (κ1) is 16.0. The summed E-state index contributed by atoms with van der Waals surface area (Å²) in [6.45, 7) is 0. The van der Waals surface area contributed by atoms with Crippen LogP contribution in [0.15, 0.2) is 70.6 Å². The van der Waals surface area contributed by atoms with E-state index >= 15 is 0 Å². The zero-order valence-corrected chi connectivity index (χ0v) is 12.4. The van der Waals surface area contributed by atoms with Crippen molar-refractivity contribution in [3.63, 3.8) is 0 Å². The fourth-order valence-electron chi connectivity index (χ4n) is 2.18. The smallest absolute Gasteiger partial charge is 0.241 e. The van der Waals surface area contributed by atoms with Gasteiger partial charge in [0.15, 0.2) is 0 Å². The lowest BCUT2D eigenvalue weighted by atomic mass is 10.0. The molecule has 0 radical (unpaired) electrons. The Balaban J connectivity index is 2.45. The molecule has 4 heteroatoms. The number of rotatable bonds is 6. The van der Waals surface area contributed by atoms with Crippen LogP contribution in [-0.2, 0) is 0 Å². The van der Waals surface area contributed by atoms with Gasteiger partial charge >= 0.3 is 0 Å². The number of benzene rings is 2. The molecule has 22 heavy (non-hydrogen) atoms. The van der Waals surface area contributed by atoms with Gasteiger partial charge in [-0.3, -0.25) is 9.98 Å². The van der Waals surface area contributed by atoms with Crippen molar-refractivity contribution in [1.82, 2.24) is 0 Å². The highest BCUT2D eigenvalue weighted by Gasteiger charge is 2.15. The molecule has 2 nitrogen and oxygen atoms in total. The fourth-order valence-corrected chi connectivity index (χ4v) is 2.18. The Hall–Kier alpha value is -2.36. The van der Waals surface area contributed by atoms with Crippen LogP contribution in [0, 0.1) is 0 Å². The number of halogens is 2. The fraction of sp³-hybridized carbons (Fsp3) is 0.222. The van der Waals surface area contributed by atoms with E-state index in [1.807, 2.05) is 60.7 Å². The lowest BCUT2D eigenvalue weighted by Crippen LogP contribution is -2.16. The second-order valence-corrected chi connectivity index (χ2v) is 4.81. The molecular formula is C18H18F2N2. The molecule has 0 heterocycles. The number of aliphatic imine (C=N–C) groups is 2. The summed E-state index contributed by atoms with van der Waals surface area (Å²) in [5, 5.41) is 0. The van der Waals surface area contributed by atoms with Gasteiger partial charge in [0.2, 0.25) is 6.43 Å². The van der Waals surface area contributed by atoms with Crippen LogP contribution in [0.1, 0.15) is 17.5 Å². The molecule has 0 aliphatic rings. The molecule has 0 spiro atoms. The van der Waals surface area contributed by atoms with Crippen molar-refractivity contribution in [2.24, 2.45) is 9.98 Å². The van der Waals surface area contributed by atoms with Gasteiger partial charge in [-0.15, -0.1) is 0 Å². The summed E-state index contributed by atoms with van der Waals surface area (Å²) >= 11 is 0. The third-order valence-corrected chi connectivity index (χ3v) is 3.13. The Bertz CT molecular complexity index is 581. The summed E-state index contributed by atoms with van der Waals surface area (Å²) in [7, 11) is 1.57. The van der Waals surface area contributed by atoms with Crippen LogP contribution >= 0.6 is 0 Å². The van der Waals surface area contributed by atoms with Gasteiger partial charge in [-0.2, -0.15) is 0 Å². The van der Waals surface area contributed by atoms with E-state index in [2.05, 4.69) is 9.98 Å². The summed E-state index contributed by atoms with van der Waals surface area (Å²) < 4.78 is 25.5. The van der Waals surface area contributed by atoms with E-state index in [9.17, 15) is 8.78 Å². The second kappa shape index (κ2) is 8.17. The minimum absolute atomic E-state index is 0.333. The van der Waals surface area contributed by atoms with Crippen LogP contribution in [0.4, 0.5) is 8.78 Å². The highest BCUT2D eigenvalue weighted by molar-refractivity contribution is 6.13. The summed E-state index contributed by atoms with van der Waals surface area (Å²) in [4.78, 5) is 8.40. The summed E-state index contributed by atoms with van der Waals surface area (Å²) in [6, 6.07) is 18.5. The van der Waals surface area contributed by atoms with Gasteiger partial charge in [-0.25, -0.2) is 8.78 Å². The van der Waals surface area contributed by atoms with Gasteiger partial charge in [-0.1, -0.05) is 60.7 Å². The molecule has 0 N–H and O–H groups in total. The maximum Gasteiger partial charge on any atom is 0.241 e. The number of hydrogen-bond donors (Lipinski definition) is 0. The molecule has 0 aliphatic carbocycles. The van der Waals surface area contributed by atoms with Gasteiger partial charge in [0.25, 0.3) is 0 Å². The van der Waals surface area contributed by atoms with Crippen molar-refractivity contribution in [2.75, 3.05) is 7.05 Å². The van der Waals surface area contributed by atoms with Crippen LogP contribution in [0.5, 0.6) is 0 Å². The molecule has 0 aromatic heterocycles. The van der Waals surface area contributed by atoms with E-state index < -0.39 is 12.5 Å². The zero-order valence-electron chi connectivity index (χ0n) is 12.4. The Morgan fingerprint density at radius 1 is 0.955 bits per heavy atom. The molecule has 0 aliphatic heterocycles. The van der Waals surface area contributed by atoms with Crippen molar-refractivity contribution in [3.8, 4) is 0 Å². The maximum absolute atomic E-state index is 12.7. The summed E-state index contributed by atoms with van der Waals surface area (Å²) in [5.74, 6) is 0. The number of nitrogens with zero attached hydrogens (tertiary/aromatic N) is 2. The van der Waals surface area contributed by atoms with E-state index in [1.165, 1.54) is 6.21 Å². The third-order valence-electron chi connectivity index (χ3n) is 3.13. The van der Waals surface area contributed by atoms with Gasteiger partial charge in [0.1, 0.15) is 0 Å². The van der Waals surface area contributed by atoms with Crippen molar-refractivity contribution >= 4 is 11.9 Å². The number of alkyl halides is 2. The normalized spacial score (nSPS) is 12.5. The molecule has 1 unspecified atom stereocenters. The first-order valence-electron chi connectivity index (χ1n) is 7.09. The van der Waals surface area contributed by atoms with Crippen LogP contribution in [0.25, 0.3) is 0 Å². The van der Waals surface area contributed by atoms with Crippen molar-refractivity contribution < 1.29 is 8.78 Å². The van der Waals surface area contributed by atoms with Gasteiger partial charge in [0.05, 0.1) is 11.8 Å². The van der Waals surface area contributed by atoms with Gasteiger partial charge in [0, 0.05) is 30.8 Å². The van der Waals surface area contributed by atoms with Crippen LogP contribution in [0.3, 0.4) is 0 Å². The quantitative estimate of drug-likeness (QED) is 0.713. The van der Waals surface area contributed by atoms with Crippen molar-refractivity contribution in [2.45, 2.75) is 18.9 Å². The molecule has 0 bridgehead atoms. The largest absolute Gasteiger partial charge is 0.299 e. The topological polar surface area (TPSA) is 24.7 Å². The van der Waals surface area contributed by atoms with E-state index in [1.54, 1.807) is 7.05 Å². The predicted octanol–water partition coefficient (Wildman–Crippen LogP) is 4.25. The van der Waals surface area contributed by atoms with Crippen LogP contribution in [-0.4, -0.2) is 31.4 Å². The standard InChI is InChI=1S/C18H18F2N2/c1-21-13-16(12-17(19)20)22-18(14-8-4-2-5-9-14)15-10-6-3-7-11-15/h2-11,13,16-17H,12H2,1H3. The Morgan fingerprint density at radius 3 is 1.86 bits per heavy atom. The molecule has 0 saturated heterocycles. The maximum atomic E-state index is 12.7. The highest BCUT2D eigenvalue weighted by atomic mass is 19.3. The monoisotopic (exact) mass is 300 g/mol. The highest BCUT2D eigenvalue weighted by Crippen LogP contribution is 2.14. The van der Waals surface area contributed by atoms with E-state index in [0.29, 0.717) is 5.71 Å². The van der Waals surface area contributed by atoms with Crippen LogP contribution < -0.4 is 0 Å². The molecule has 2 aromatic carbocycles. The molecule has 2 aromatic rings. The third kappa shape index (κ3) is 4.58. The van der Waals surface area contributed by atoms with E-state index in [4.69, 9.17) is 0 Å². The molecule has 0 amide bonds. The van der Waals surface area contributed by atoms with Gasteiger partial charge < -0.3 is 0 Å². The average Bonchev–Trinajstić information content (AvgIpc) is 2.54. The van der Waals surface area contributed by atoms with Crippen LogP contribution in [0.2, 0.25) is 0 Å². The summed E-state index contributed by atoms with van der Waals surface area (Å²) in [6.07, 6.45) is -1.28. The number of hydrogen-bond acceptors (Lipinski definition) is 2. The molecule has 1 atom stereocenters. The molecule has 114 valence electrons. The van der Waals surface area contributed by atoms with Gasteiger partial charge in [-0.05, 0) is 0 Å². The molecular weight excluding hydrogens is 282 g/mol. The summed E-state index contributed by atoms with van der Waals surface area (Å²) in [5.41, 5.74) is 2.50. The van der Waals surface area contributed by atoms with E-state index in [0.717, 1.165) is 11.1 Å². The lowest BCUT2D eigenvalue weighted by Gasteiger charge is -2.12. The first-order valence-corrected chi connectivity index (χ1v) is 7.09. The van der Waals surface area contributed by atoms with Crippen molar-refractivity contribution in [3.05, 3.63) is 71.8 Å². The zero-order chi connectivity index (χ0) is 15.8. The molecule has 0 fully saturated rings. The predicted molar refractivity (Wildman–Crippen MR) is 87.3 cm³/mol. The molecule has 2 rings (SSSR count). The van der Waals surface area contributed by atoms with Crippen molar-refractivity contribution in [1.29, 1.82) is 0 Å². The lowest BCUT2D eigenvalue weighted by molar-refractivity contribution is 0.136. The second-order valence-electron chi connectivity index (χ2n) is 4.81. The van der Waals surface area contributed by atoms with E-state index in [-0.39, 0.29) is 6.42 Å². The Labute approximate surface area is 129 Å². The minimum Gasteiger partial charge on any atom is -0.299 e. The SMILES string of the molecule is CN=CC(CC(F)F)N=C(c1ccccc1)c1ccccc1. The average molecular weight is 300 g/mol. The molecule has 0 saturated carbocycles. The minimum atomic E-state index is -2.42. The first-order chi connectivity index (χ1) is 10.7.